The van der Waals surface area contributed by atoms with Gasteiger partial charge in [0.2, 0.25) is 11.7 Å². The Balaban J connectivity index is 1.35. The van der Waals surface area contributed by atoms with Crippen molar-refractivity contribution in [2.75, 3.05) is 13.2 Å². The number of carbonyl (C=O) groups is 4. The van der Waals surface area contributed by atoms with E-state index in [0.29, 0.717) is 22.4 Å². The van der Waals surface area contributed by atoms with Crippen LogP contribution < -0.4 is 0 Å². The van der Waals surface area contributed by atoms with Crippen molar-refractivity contribution in [2.24, 2.45) is 0 Å². The highest BCUT2D eigenvalue weighted by molar-refractivity contribution is 6.11. The Bertz CT molecular complexity index is 1180. The zero-order valence-corrected chi connectivity index (χ0v) is 16.4. The molecule has 1 aliphatic heterocycles. The number of esters is 1. The lowest BCUT2D eigenvalue weighted by molar-refractivity contribution is -0.143. The van der Waals surface area contributed by atoms with E-state index in [9.17, 15) is 19.2 Å². The fourth-order valence-electron chi connectivity index (χ4n) is 3.76. The van der Waals surface area contributed by atoms with Gasteiger partial charge >= 0.3 is 5.97 Å². The van der Waals surface area contributed by atoms with Crippen LogP contribution in [0.2, 0.25) is 0 Å². The number of ether oxygens (including phenoxy) is 1. The van der Waals surface area contributed by atoms with Crippen molar-refractivity contribution in [2.45, 2.75) is 19.8 Å². The molecule has 0 unspecified atom stereocenters. The van der Waals surface area contributed by atoms with Gasteiger partial charge in [0.05, 0.1) is 12.8 Å². The summed E-state index contributed by atoms with van der Waals surface area (Å²) in [7, 11) is 0. The van der Waals surface area contributed by atoms with Gasteiger partial charge in [0, 0.05) is 34.3 Å². The van der Waals surface area contributed by atoms with E-state index in [1.807, 2.05) is 24.3 Å². The number of ketones is 1. The molecule has 0 atom stereocenters. The molecule has 0 fully saturated rings. The highest BCUT2D eigenvalue weighted by Crippen LogP contribution is 2.23. The second-order valence-electron chi connectivity index (χ2n) is 7.19. The summed E-state index contributed by atoms with van der Waals surface area (Å²) in [6, 6.07) is 14.3. The Hall–Kier alpha value is -3.74. The third-order valence-electron chi connectivity index (χ3n) is 5.21. The summed E-state index contributed by atoms with van der Waals surface area (Å²) in [5, 5.41) is 0.777. The largest absolute Gasteiger partial charge is 0.457 e. The third-order valence-corrected chi connectivity index (χ3v) is 5.21. The quantitative estimate of drug-likeness (QED) is 0.387. The van der Waals surface area contributed by atoms with Gasteiger partial charge in [-0.15, -0.1) is 0 Å². The van der Waals surface area contributed by atoms with Crippen LogP contribution in [0.25, 0.3) is 10.9 Å². The van der Waals surface area contributed by atoms with Gasteiger partial charge in [0.15, 0.2) is 6.61 Å². The van der Waals surface area contributed by atoms with Crippen molar-refractivity contribution in [1.29, 1.82) is 0 Å². The summed E-state index contributed by atoms with van der Waals surface area (Å²) in [6.45, 7) is 1.32. The first-order valence-electron chi connectivity index (χ1n) is 9.64. The number of hydrogen-bond donors (Lipinski definition) is 1. The van der Waals surface area contributed by atoms with Crippen LogP contribution in [0.1, 0.15) is 38.4 Å². The number of nitrogens with one attached hydrogen (secondary N) is 1. The normalized spacial score (nSPS) is 13.4. The number of fused-ring (bicyclic) bond motifs is 2. The SMILES string of the molecule is Cc1[nH]c2ccccc2c1C(=O)COC(=O)CCN1C(=O)Cc2ccccc2C1=O. The van der Waals surface area contributed by atoms with Gasteiger partial charge in [-0.2, -0.15) is 0 Å². The van der Waals surface area contributed by atoms with Crippen LogP contribution in [-0.4, -0.2) is 46.6 Å². The van der Waals surface area contributed by atoms with Crippen LogP contribution in [-0.2, 0) is 20.7 Å². The van der Waals surface area contributed by atoms with Crippen molar-refractivity contribution in [3.8, 4) is 0 Å². The topological polar surface area (TPSA) is 96.5 Å². The Labute approximate surface area is 172 Å². The first kappa shape index (κ1) is 19.6. The van der Waals surface area contributed by atoms with Gasteiger partial charge in [-0.3, -0.25) is 24.1 Å². The molecule has 152 valence electrons. The molecule has 1 N–H and O–H groups in total. The van der Waals surface area contributed by atoms with E-state index in [-0.39, 0.29) is 31.1 Å². The Morgan fingerprint density at radius 1 is 1.07 bits per heavy atom. The number of benzene rings is 2. The number of Topliss-reactive ketones (excluding diaryl/α,β-unsaturated/α-hetero) is 1. The molecule has 2 amide bonds. The zero-order valence-electron chi connectivity index (χ0n) is 16.4. The molecule has 7 nitrogen and oxygen atoms in total. The first-order valence-corrected chi connectivity index (χ1v) is 9.64. The van der Waals surface area contributed by atoms with Crippen molar-refractivity contribution >= 4 is 34.5 Å². The van der Waals surface area contributed by atoms with Crippen LogP contribution in [0.4, 0.5) is 0 Å². The van der Waals surface area contributed by atoms with Crippen LogP contribution in [0.5, 0.6) is 0 Å². The van der Waals surface area contributed by atoms with E-state index < -0.39 is 18.5 Å². The minimum absolute atomic E-state index is 0.0782. The lowest BCUT2D eigenvalue weighted by atomic mass is 9.98. The van der Waals surface area contributed by atoms with E-state index in [2.05, 4.69) is 4.98 Å². The van der Waals surface area contributed by atoms with E-state index in [1.54, 1.807) is 31.2 Å². The van der Waals surface area contributed by atoms with Crippen molar-refractivity contribution in [1.82, 2.24) is 9.88 Å². The maximum absolute atomic E-state index is 12.6. The number of H-pyrrole nitrogens is 1. The second kappa shape index (κ2) is 7.94. The minimum Gasteiger partial charge on any atom is -0.457 e. The third kappa shape index (κ3) is 3.61. The number of amides is 2. The molecule has 0 bridgehead atoms. The van der Waals surface area contributed by atoms with Gasteiger partial charge in [0.25, 0.3) is 5.91 Å². The number of para-hydroxylation sites is 1. The number of imide groups is 1. The summed E-state index contributed by atoms with van der Waals surface area (Å²) in [6.07, 6.45) is -0.0465. The number of carbonyl (C=O) groups excluding carboxylic acids is 4. The molecule has 3 aromatic rings. The van der Waals surface area contributed by atoms with Gasteiger partial charge in [0.1, 0.15) is 0 Å². The van der Waals surface area contributed by atoms with Gasteiger partial charge in [-0.25, -0.2) is 0 Å². The molecule has 2 aromatic carbocycles. The molecule has 7 heteroatoms. The van der Waals surface area contributed by atoms with Crippen LogP contribution >= 0.6 is 0 Å². The fourth-order valence-corrected chi connectivity index (χ4v) is 3.76. The van der Waals surface area contributed by atoms with Gasteiger partial charge < -0.3 is 9.72 Å². The standard InChI is InChI=1S/C23H20N2O5/c1-14-22(17-8-4-5-9-18(17)24-14)19(26)13-30-21(28)10-11-25-20(27)12-15-6-2-3-7-16(15)23(25)29/h2-9,24H,10-13H2,1H3. The molecule has 1 aliphatic rings. The number of aryl methyl sites for hydroxylation is 1. The van der Waals surface area contributed by atoms with E-state index in [4.69, 9.17) is 4.74 Å². The van der Waals surface area contributed by atoms with E-state index >= 15 is 0 Å². The predicted octanol–water partition coefficient (Wildman–Crippen LogP) is 2.82. The lowest BCUT2D eigenvalue weighted by Crippen LogP contribution is -2.43. The molecule has 1 aromatic heterocycles. The van der Waals surface area contributed by atoms with Crippen LogP contribution in [0.15, 0.2) is 48.5 Å². The maximum atomic E-state index is 12.6. The highest BCUT2D eigenvalue weighted by atomic mass is 16.5. The Morgan fingerprint density at radius 2 is 1.80 bits per heavy atom. The summed E-state index contributed by atoms with van der Waals surface area (Å²) in [5.74, 6) is -1.71. The zero-order chi connectivity index (χ0) is 21.3. The molecule has 0 spiro atoms. The van der Waals surface area contributed by atoms with Crippen molar-refractivity contribution in [3.05, 3.63) is 70.9 Å². The van der Waals surface area contributed by atoms with Crippen molar-refractivity contribution in [3.63, 3.8) is 0 Å². The maximum Gasteiger partial charge on any atom is 0.308 e. The highest BCUT2D eigenvalue weighted by Gasteiger charge is 2.30. The molecular formula is C23H20N2O5. The fraction of sp³-hybridized carbons (Fsp3) is 0.217. The van der Waals surface area contributed by atoms with Crippen molar-refractivity contribution < 1.29 is 23.9 Å². The average Bonchev–Trinajstić information content (AvgIpc) is 3.07. The van der Waals surface area contributed by atoms with Crippen LogP contribution in [0, 0.1) is 6.92 Å². The smallest absolute Gasteiger partial charge is 0.308 e. The first-order chi connectivity index (χ1) is 14.5. The monoisotopic (exact) mass is 404 g/mol. The minimum atomic E-state index is -0.639. The number of aromatic nitrogens is 1. The molecule has 0 aliphatic carbocycles. The molecule has 4 rings (SSSR count). The molecule has 0 radical (unpaired) electrons. The number of rotatable bonds is 6. The van der Waals surface area contributed by atoms with E-state index in [1.165, 1.54) is 0 Å². The summed E-state index contributed by atoms with van der Waals surface area (Å²) < 4.78 is 5.11. The van der Waals surface area contributed by atoms with Gasteiger partial charge in [-0.05, 0) is 24.6 Å². The molecular weight excluding hydrogens is 384 g/mol. The summed E-state index contributed by atoms with van der Waals surface area (Å²) in [5.41, 5.74) is 3.20. The van der Waals surface area contributed by atoms with Gasteiger partial charge in [-0.1, -0.05) is 36.4 Å². The number of hydrogen-bond acceptors (Lipinski definition) is 5. The molecule has 30 heavy (non-hydrogen) atoms. The summed E-state index contributed by atoms with van der Waals surface area (Å²) in [4.78, 5) is 53.7. The number of nitrogens with zero attached hydrogens (tertiary/aromatic N) is 1. The Morgan fingerprint density at radius 3 is 2.63 bits per heavy atom. The summed E-state index contributed by atoms with van der Waals surface area (Å²) >= 11 is 0. The van der Waals surface area contributed by atoms with E-state index in [0.717, 1.165) is 15.8 Å². The lowest BCUT2D eigenvalue weighted by Gasteiger charge is -2.26. The second-order valence-corrected chi connectivity index (χ2v) is 7.19. The average molecular weight is 404 g/mol. The van der Waals surface area contributed by atoms with Crippen LogP contribution in [0.3, 0.4) is 0 Å². The number of aromatic amines is 1. The molecule has 0 saturated heterocycles. The Kier molecular flexibility index (Phi) is 5.18. The molecule has 0 saturated carbocycles. The molecule has 2 heterocycles. The predicted molar refractivity (Wildman–Crippen MR) is 109 cm³/mol.